The van der Waals surface area contributed by atoms with Gasteiger partial charge in [0.1, 0.15) is 16.7 Å². The van der Waals surface area contributed by atoms with Gasteiger partial charge in [-0.3, -0.25) is 4.55 Å². The Morgan fingerprint density at radius 2 is 2.00 bits per heavy atom. The molecule has 0 fully saturated rings. The summed E-state index contributed by atoms with van der Waals surface area (Å²) in [5, 5.41) is 0. The molecule has 1 N–H and O–H groups in total. The van der Waals surface area contributed by atoms with Crippen molar-refractivity contribution in [2.75, 3.05) is 0 Å². The van der Waals surface area contributed by atoms with Crippen molar-refractivity contribution in [2.24, 2.45) is 0 Å². The van der Waals surface area contributed by atoms with Crippen LogP contribution < -0.4 is 4.74 Å². The molecule has 0 saturated heterocycles. The Morgan fingerprint density at radius 3 is 2.50 bits per heavy atom. The van der Waals surface area contributed by atoms with Gasteiger partial charge in [-0.15, -0.1) is 0 Å². The van der Waals surface area contributed by atoms with Gasteiger partial charge in [-0.25, -0.2) is 0 Å². The van der Waals surface area contributed by atoms with Crippen LogP contribution in [0.5, 0.6) is 5.75 Å². The summed E-state index contributed by atoms with van der Waals surface area (Å²) in [4.78, 5) is -0.237. The van der Waals surface area contributed by atoms with E-state index in [2.05, 4.69) is 6.58 Å². The van der Waals surface area contributed by atoms with E-state index in [1.54, 1.807) is 13.0 Å². The third-order valence-electron chi connectivity index (χ3n) is 1.77. The van der Waals surface area contributed by atoms with Crippen molar-refractivity contribution in [2.45, 2.75) is 17.9 Å². The monoisotopic (exact) mass is 252 g/mol. The van der Waals surface area contributed by atoms with E-state index in [1.807, 2.05) is 0 Å². The van der Waals surface area contributed by atoms with Crippen molar-refractivity contribution in [1.82, 2.24) is 0 Å². The van der Waals surface area contributed by atoms with Crippen molar-refractivity contribution >= 4 is 39.7 Å². The summed E-state index contributed by atoms with van der Waals surface area (Å²) in [5.74, 6) is 0.118. The predicted molar refractivity (Wildman–Crippen MR) is 63.7 cm³/mol. The number of hydrogen-bond donors (Lipinski definition) is 1. The SMILES string of the molecule is C=CC(C)Oc1ccccc1S(=O)(=O)O.[NaH]. The molecule has 0 aliphatic carbocycles. The first kappa shape index (κ1) is 15.7. The van der Waals surface area contributed by atoms with Crippen LogP contribution in [-0.4, -0.2) is 48.6 Å². The van der Waals surface area contributed by atoms with Gasteiger partial charge in [0.2, 0.25) is 0 Å². The molecule has 1 unspecified atom stereocenters. The van der Waals surface area contributed by atoms with Crippen LogP contribution in [-0.2, 0) is 10.1 Å². The van der Waals surface area contributed by atoms with Crippen LogP contribution in [0.2, 0.25) is 0 Å². The molecule has 0 bridgehead atoms. The van der Waals surface area contributed by atoms with E-state index < -0.39 is 10.1 Å². The van der Waals surface area contributed by atoms with Gasteiger partial charge in [-0.2, -0.15) is 8.42 Å². The van der Waals surface area contributed by atoms with Crippen molar-refractivity contribution in [1.29, 1.82) is 0 Å². The molecule has 0 saturated carbocycles. The fourth-order valence-corrected chi connectivity index (χ4v) is 1.63. The number of benzene rings is 1. The summed E-state index contributed by atoms with van der Waals surface area (Å²) in [7, 11) is -4.25. The predicted octanol–water partition coefficient (Wildman–Crippen LogP) is 1.24. The number of para-hydroxylation sites is 1. The minimum atomic E-state index is -4.25. The standard InChI is InChI=1S/C10H12O4S.Na.H/c1-3-8(2)14-9-6-4-5-7-10(9)15(11,12)13;;/h3-8H,1H2,2H3,(H,11,12,13);;. The van der Waals surface area contributed by atoms with Crippen molar-refractivity contribution in [3.8, 4) is 5.75 Å². The van der Waals surface area contributed by atoms with Crippen LogP contribution in [0.4, 0.5) is 0 Å². The number of hydrogen-bond acceptors (Lipinski definition) is 3. The van der Waals surface area contributed by atoms with Crippen LogP contribution in [0.3, 0.4) is 0 Å². The van der Waals surface area contributed by atoms with Crippen LogP contribution >= 0.6 is 0 Å². The molecular weight excluding hydrogens is 239 g/mol. The Hall–Kier alpha value is -0.330. The maximum atomic E-state index is 11.0. The second-order valence-corrected chi connectivity index (χ2v) is 4.37. The third kappa shape index (κ3) is 4.27. The minimum absolute atomic E-state index is 0. The number of ether oxygens (including phenoxy) is 1. The number of rotatable bonds is 4. The van der Waals surface area contributed by atoms with Gasteiger partial charge in [-0.05, 0) is 19.1 Å². The molecule has 1 atom stereocenters. The summed E-state index contributed by atoms with van der Waals surface area (Å²) in [6.07, 6.45) is 1.20. The first-order valence-corrected chi connectivity index (χ1v) is 5.75. The summed E-state index contributed by atoms with van der Waals surface area (Å²) < 4.78 is 36.1. The fourth-order valence-electron chi connectivity index (χ4n) is 1.01. The van der Waals surface area contributed by atoms with E-state index in [4.69, 9.17) is 9.29 Å². The Morgan fingerprint density at radius 1 is 1.44 bits per heavy atom. The van der Waals surface area contributed by atoms with Crippen LogP contribution in [0, 0.1) is 0 Å². The Labute approximate surface area is 117 Å². The van der Waals surface area contributed by atoms with Crippen LogP contribution in [0.25, 0.3) is 0 Å². The van der Waals surface area contributed by atoms with Gasteiger partial charge in [0, 0.05) is 0 Å². The molecule has 0 amide bonds. The molecule has 1 aromatic rings. The zero-order valence-corrected chi connectivity index (χ0v) is 9.07. The summed E-state index contributed by atoms with van der Waals surface area (Å²) in [6.45, 7) is 5.23. The van der Waals surface area contributed by atoms with Crippen molar-refractivity contribution in [3.63, 3.8) is 0 Å². The molecule has 0 heterocycles. The van der Waals surface area contributed by atoms with E-state index >= 15 is 0 Å². The van der Waals surface area contributed by atoms with Crippen LogP contribution in [0.15, 0.2) is 41.8 Å². The molecule has 0 radical (unpaired) electrons. The second kappa shape index (κ2) is 6.42. The topological polar surface area (TPSA) is 63.6 Å². The molecule has 1 aromatic carbocycles. The van der Waals surface area contributed by atoms with Crippen LogP contribution in [0.1, 0.15) is 6.92 Å². The molecule has 4 nitrogen and oxygen atoms in total. The zero-order valence-electron chi connectivity index (χ0n) is 8.25. The third-order valence-corrected chi connectivity index (χ3v) is 2.66. The summed E-state index contributed by atoms with van der Waals surface area (Å²) in [6, 6.07) is 5.89. The van der Waals surface area contributed by atoms with E-state index in [9.17, 15) is 8.42 Å². The van der Waals surface area contributed by atoms with E-state index in [1.165, 1.54) is 24.3 Å². The van der Waals surface area contributed by atoms with Gasteiger partial charge >= 0.3 is 29.6 Å². The first-order valence-electron chi connectivity index (χ1n) is 4.31. The van der Waals surface area contributed by atoms with Gasteiger partial charge in [0.05, 0.1) is 0 Å². The first-order chi connectivity index (χ1) is 6.95. The van der Waals surface area contributed by atoms with Crippen molar-refractivity contribution in [3.05, 3.63) is 36.9 Å². The van der Waals surface area contributed by atoms with E-state index in [0.717, 1.165) is 0 Å². The normalized spacial score (nSPS) is 12.4. The molecule has 0 aromatic heterocycles. The summed E-state index contributed by atoms with van der Waals surface area (Å²) in [5.41, 5.74) is 0. The average molecular weight is 252 g/mol. The Bertz CT molecular complexity index is 456. The van der Waals surface area contributed by atoms with E-state index in [-0.39, 0.29) is 46.3 Å². The molecule has 0 aliphatic heterocycles. The Balaban J connectivity index is 0.00000225. The van der Waals surface area contributed by atoms with Gasteiger partial charge in [-0.1, -0.05) is 24.8 Å². The summed E-state index contributed by atoms with van der Waals surface area (Å²) >= 11 is 0. The zero-order chi connectivity index (χ0) is 11.5. The van der Waals surface area contributed by atoms with Gasteiger partial charge in [0.15, 0.2) is 0 Å². The van der Waals surface area contributed by atoms with Gasteiger partial charge < -0.3 is 4.74 Å². The molecule has 0 aliphatic rings. The molecular formula is C10H13NaO4S. The Kier molecular flexibility index (Phi) is 6.28. The molecule has 84 valence electrons. The molecule has 0 spiro atoms. The maximum absolute atomic E-state index is 11.0. The quantitative estimate of drug-likeness (QED) is 0.497. The average Bonchev–Trinajstić information content (AvgIpc) is 2.17. The second-order valence-electron chi connectivity index (χ2n) is 2.98. The molecule has 1 rings (SSSR count). The van der Waals surface area contributed by atoms with Gasteiger partial charge in [0.25, 0.3) is 10.1 Å². The molecule has 16 heavy (non-hydrogen) atoms. The fraction of sp³-hybridized carbons (Fsp3) is 0.200. The molecule has 6 heteroatoms. The van der Waals surface area contributed by atoms with Crippen molar-refractivity contribution < 1.29 is 17.7 Å². The van der Waals surface area contributed by atoms with E-state index in [0.29, 0.717) is 0 Å².